The van der Waals surface area contributed by atoms with Crippen LogP contribution in [0.5, 0.6) is 0 Å². The lowest BCUT2D eigenvalue weighted by molar-refractivity contribution is 0.813. The van der Waals surface area contributed by atoms with E-state index in [9.17, 15) is 0 Å². The average molecular weight is 348 g/mol. The van der Waals surface area contributed by atoms with E-state index in [1.54, 1.807) is 11.3 Å². The van der Waals surface area contributed by atoms with Gasteiger partial charge in [-0.1, -0.05) is 0 Å². The number of hydrogen-bond donors (Lipinski definition) is 0. The van der Waals surface area contributed by atoms with Crippen LogP contribution in [0.2, 0.25) is 5.28 Å². The molecule has 2 heterocycles. The Morgan fingerprint density at radius 3 is 2.50 bits per heavy atom. The van der Waals surface area contributed by atoms with E-state index < -0.39 is 0 Å². The van der Waals surface area contributed by atoms with Gasteiger partial charge in [-0.15, -0.1) is 0 Å². The molecule has 96 valence electrons. The molecule has 2 aromatic rings. The highest BCUT2D eigenvalue weighted by Gasteiger charge is 2.13. The van der Waals surface area contributed by atoms with Crippen molar-refractivity contribution < 1.29 is 0 Å². The highest BCUT2D eigenvalue weighted by Crippen LogP contribution is 2.30. The van der Waals surface area contributed by atoms with Crippen LogP contribution in [-0.2, 0) is 0 Å². The van der Waals surface area contributed by atoms with E-state index in [4.69, 9.17) is 11.6 Å². The van der Waals surface area contributed by atoms with Crippen LogP contribution in [0, 0.1) is 0 Å². The Morgan fingerprint density at radius 2 is 1.94 bits per heavy atom. The van der Waals surface area contributed by atoms with E-state index in [1.165, 1.54) is 0 Å². The predicted octanol–water partition coefficient (Wildman–Crippen LogP) is 3.86. The molecule has 0 aliphatic heterocycles. The molecule has 0 radical (unpaired) electrons. The van der Waals surface area contributed by atoms with Gasteiger partial charge in [-0.05, 0) is 41.4 Å². The third-order valence-electron chi connectivity index (χ3n) is 2.50. The number of thiophene rings is 1. The number of halogens is 2. The molecule has 0 bridgehead atoms. The summed E-state index contributed by atoms with van der Waals surface area (Å²) < 4.78 is 0.972. The van der Waals surface area contributed by atoms with Crippen LogP contribution in [0.1, 0.15) is 13.8 Å². The smallest absolute Gasteiger partial charge is 0.230 e. The largest absolute Gasteiger partial charge is 0.341 e. The Hall–Kier alpha value is -0.720. The van der Waals surface area contributed by atoms with Crippen molar-refractivity contribution in [3.05, 3.63) is 20.5 Å². The number of aromatic nitrogens is 3. The first kappa shape index (κ1) is 13.7. The predicted molar refractivity (Wildman–Crippen MR) is 79.4 cm³/mol. The summed E-state index contributed by atoms with van der Waals surface area (Å²) >= 11 is 11.0. The van der Waals surface area contributed by atoms with Gasteiger partial charge in [-0.2, -0.15) is 26.3 Å². The number of hydrogen-bond acceptors (Lipinski definition) is 5. The second-order valence-corrected chi connectivity index (χ2v) is 5.47. The molecule has 4 nitrogen and oxygen atoms in total. The summed E-state index contributed by atoms with van der Waals surface area (Å²) in [4.78, 5) is 14.9. The van der Waals surface area contributed by atoms with E-state index >= 15 is 0 Å². The molecule has 0 unspecified atom stereocenters. The average Bonchev–Trinajstić information content (AvgIpc) is 2.76. The molecule has 0 aliphatic rings. The fraction of sp³-hybridized carbons (Fsp3) is 0.364. The van der Waals surface area contributed by atoms with Crippen LogP contribution in [0.4, 0.5) is 5.95 Å². The first-order chi connectivity index (χ1) is 8.65. The Labute approximate surface area is 123 Å². The minimum atomic E-state index is 0.222. The van der Waals surface area contributed by atoms with Gasteiger partial charge in [-0.3, -0.25) is 0 Å². The zero-order valence-electron chi connectivity index (χ0n) is 10.0. The first-order valence-electron chi connectivity index (χ1n) is 5.54. The fourth-order valence-electron chi connectivity index (χ4n) is 1.55. The normalized spacial score (nSPS) is 10.7. The highest BCUT2D eigenvalue weighted by atomic mass is 79.9. The molecular weight excluding hydrogens is 336 g/mol. The van der Waals surface area contributed by atoms with Crippen molar-refractivity contribution in [1.82, 2.24) is 15.0 Å². The molecule has 0 saturated heterocycles. The molecule has 0 aliphatic carbocycles. The van der Waals surface area contributed by atoms with Gasteiger partial charge in [0.15, 0.2) is 5.82 Å². The van der Waals surface area contributed by atoms with Gasteiger partial charge in [-0.25, -0.2) is 0 Å². The topological polar surface area (TPSA) is 41.9 Å². The maximum Gasteiger partial charge on any atom is 0.230 e. The number of rotatable bonds is 4. The monoisotopic (exact) mass is 346 g/mol. The summed E-state index contributed by atoms with van der Waals surface area (Å²) in [5, 5.41) is 4.20. The summed E-state index contributed by atoms with van der Waals surface area (Å²) in [6.07, 6.45) is 0. The molecule has 2 rings (SSSR count). The van der Waals surface area contributed by atoms with Gasteiger partial charge in [0.25, 0.3) is 0 Å². The summed E-state index contributed by atoms with van der Waals surface area (Å²) in [7, 11) is 0. The molecule has 0 amide bonds. The standard InChI is InChI=1S/C11H12BrClN4S/c1-3-17(4-2)11-15-9(14-10(13)16-11)7-5-18-6-8(7)12/h5-6H,3-4H2,1-2H3. The van der Waals surface area contributed by atoms with Crippen LogP contribution >= 0.6 is 38.9 Å². The van der Waals surface area contributed by atoms with Crippen molar-refractivity contribution in [2.45, 2.75) is 13.8 Å². The fourth-order valence-corrected chi connectivity index (χ4v) is 3.15. The molecule has 2 aromatic heterocycles. The molecule has 0 fully saturated rings. The Kier molecular flexibility index (Phi) is 4.53. The molecule has 0 atom stereocenters. The molecule has 7 heteroatoms. The molecule has 0 N–H and O–H groups in total. The Bertz CT molecular complexity index is 542. The zero-order valence-corrected chi connectivity index (χ0v) is 13.2. The molecule has 18 heavy (non-hydrogen) atoms. The van der Waals surface area contributed by atoms with Gasteiger partial charge in [0.2, 0.25) is 11.2 Å². The quantitative estimate of drug-likeness (QED) is 0.842. The molecule has 0 spiro atoms. The third kappa shape index (κ3) is 2.81. The van der Waals surface area contributed by atoms with Crippen LogP contribution < -0.4 is 4.90 Å². The second kappa shape index (κ2) is 5.95. The van der Waals surface area contributed by atoms with Crippen molar-refractivity contribution in [1.29, 1.82) is 0 Å². The Morgan fingerprint density at radius 1 is 1.22 bits per heavy atom. The molecule has 0 saturated carbocycles. The van der Waals surface area contributed by atoms with Gasteiger partial charge >= 0.3 is 0 Å². The minimum absolute atomic E-state index is 0.222. The maximum absolute atomic E-state index is 5.98. The van der Waals surface area contributed by atoms with Crippen molar-refractivity contribution in [2.24, 2.45) is 0 Å². The lowest BCUT2D eigenvalue weighted by Crippen LogP contribution is -2.24. The lowest BCUT2D eigenvalue weighted by Gasteiger charge is -2.18. The zero-order chi connectivity index (χ0) is 13.1. The second-order valence-electron chi connectivity index (χ2n) is 3.53. The van der Waals surface area contributed by atoms with Crippen molar-refractivity contribution in [3.8, 4) is 11.4 Å². The summed E-state index contributed by atoms with van der Waals surface area (Å²) in [6.45, 7) is 5.78. The van der Waals surface area contributed by atoms with E-state index in [0.717, 1.165) is 23.1 Å². The van der Waals surface area contributed by atoms with E-state index in [1.807, 2.05) is 15.7 Å². The number of nitrogens with zero attached hydrogens (tertiary/aromatic N) is 4. The van der Waals surface area contributed by atoms with Gasteiger partial charge < -0.3 is 4.90 Å². The highest BCUT2D eigenvalue weighted by molar-refractivity contribution is 9.10. The summed E-state index contributed by atoms with van der Waals surface area (Å²) in [5.74, 6) is 1.22. The minimum Gasteiger partial charge on any atom is -0.341 e. The van der Waals surface area contributed by atoms with Crippen molar-refractivity contribution in [2.75, 3.05) is 18.0 Å². The van der Waals surface area contributed by atoms with Gasteiger partial charge in [0.1, 0.15) is 0 Å². The van der Waals surface area contributed by atoms with Gasteiger partial charge in [0, 0.05) is 33.9 Å². The van der Waals surface area contributed by atoms with Crippen LogP contribution in [0.15, 0.2) is 15.2 Å². The van der Waals surface area contributed by atoms with Crippen molar-refractivity contribution in [3.63, 3.8) is 0 Å². The van der Waals surface area contributed by atoms with Crippen molar-refractivity contribution >= 4 is 44.8 Å². The Balaban J connectivity index is 2.47. The van der Waals surface area contributed by atoms with E-state index in [-0.39, 0.29) is 5.28 Å². The number of anilines is 1. The summed E-state index contributed by atoms with van der Waals surface area (Å²) in [6, 6.07) is 0. The van der Waals surface area contributed by atoms with E-state index in [2.05, 4.69) is 44.7 Å². The lowest BCUT2D eigenvalue weighted by atomic mass is 10.3. The van der Waals surface area contributed by atoms with Crippen LogP contribution in [0.25, 0.3) is 11.4 Å². The van der Waals surface area contributed by atoms with Gasteiger partial charge in [0.05, 0.1) is 0 Å². The first-order valence-corrected chi connectivity index (χ1v) is 7.65. The van der Waals surface area contributed by atoms with Crippen LogP contribution in [0.3, 0.4) is 0 Å². The van der Waals surface area contributed by atoms with Crippen LogP contribution in [-0.4, -0.2) is 28.0 Å². The molecular formula is C11H12BrClN4S. The summed E-state index contributed by atoms with van der Waals surface area (Å²) in [5.41, 5.74) is 0.942. The molecule has 0 aromatic carbocycles. The van der Waals surface area contributed by atoms with E-state index in [0.29, 0.717) is 11.8 Å². The maximum atomic E-state index is 5.98. The third-order valence-corrected chi connectivity index (χ3v) is 4.37. The SMILES string of the molecule is CCN(CC)c1nc(Cl)nc(-c2cscc2Br)n1.